The average molecular weight is 218 g/mol. The summed E-state index contributed by atoms with van der Waals surface area (Å²) in [5, 5.41) is 0. The van der Waals surface area contributed by atoms with E-state index in [1.807, 2.05) is 0 Å². The van der Waals surface area contributed by atoms with Gasteiger partial charge in [0.2, 0.25) is 0 Å². The topological polar surface area (TPSA) is 20.2 Å². The van der Waals surface area contributed by atoms with Gasteiger partial charge < -0.3 is 4.80 Å². The molecule has 32 valence electrons. The predicted octanol–water partition coefficient (Wildman–Crippen LogP) is -0.573. The quantitative estimate of drug-likeness (QED) is 0.540. The van der Waals surface area contributed by atoms with Crippen molar-refractivity contribution in [1.29, 1.82) is 0 Å². The van der Waals surface area contributed by atoms with Crippen molar-refractivity contribution in [3.8, 4) is 0 Å². The van der Waals surface area contributed by atoms with Crippen molar-refractivity contribution < 1.29 is 42.3 Å². The zero-order chi connectivity index (χ0) is 4.71. The minimum absolute atomic E-state index is 0.0833. The minimum atomic E-state index is 0.0833. The normalized spacial score (nSPS) is 4.60. The summed E-state index contributed by atoms with van der Waals surface area (Å²) >= 11 is 0.0833. The summed E-state index contributed by atoms with van der Waals surface area (Å²) in [5.74, 6) is 0. The van der Waals surface area contributed by atoms with E-state index in [4.69, 9.17) is 4.80 Å². The van der Waals surface area contributed by atoms with Crippen molar-refractivity contribution in [1.82, 2.24) is 0 Å². The van der Waals surface area contributed by atoms with Crippen LogP contribution in [0.2, 0.25) is 4.88 Å². The van der Waals surface area contributed by atoms with Crippen LogP contribution in [0, 0.1) is 37.6 Å². The molecular weight excluding hydrogens is 208 g/mol. The fourth-order valence-corrected chi connectivity index (χ4v) is 0. The molecule has 5 heavy (non-hydrogen) atoms. The van der Waals surface area contributed by atoms with E-state index in [1.165, 1.54) is 0 Å². The van der Waals surface area contributed by atoms with Crippen LogP contribution >= 0.6 is 0 Å². The number of rotatable bonds is 0. The van der Waals surface area contributed by atoms with Gasteiger partial charge in [-0.05, 0) is 0 Å². The molecule has 0 rings (SSSR count). The average Bonchev–Trinajstić information content (AvgIpc) is 1.46. The molecule has 0 aromatic rings. The SMILES string of the molecule is O[SiH3].[CH3][Ce][CH3]. The Morgan fingerprint density at radius 1 is 1.40 bits per heavy atom. The Morgan fingerprint density at radius 2 is 1.40 bits per heavy atom. The van der Waals surface area contributed by atoms with E-state index in [0.29, 0.717) is 10.5 Å². The molecule has 0 spiro atoms. The Balaban J connectivity index is 0. The first-order chi connectivity index (χ1) is 2.41. The first-order valence-corrected chi connectivity index (χ1v) is 8.62. The Kier molecular flexibility index (Phi) is 34.4. The summed E-state index contributed by atoms with van der Waals surface area (Å²) in [5.41, 5.74) is 0. The molecule has 0 atom stereocenters. The van der Waals surface area contributed by atoms with Gasteiger partial charge in [-0.2, -0.15) is 0 Å². The van der Waals surface area contributed by atoms with Crippen molar-refractivity contribution in [2.24, 2.45) is 0 Å². The molecular formula is C2H10CeOSi. The number of hydrogen-bond donors (Lipinski definition) is 1. The van der Waals surface area contributed by atoms with Crippen molar-refractivity contribution in [2.45, 2.75) is 4.88 Å². The van der Waals surface area contributed by atoms with Crippen molar-refractivity contribution in [2.75, 3.05) is 0 Å². The maximum atomic E-state index is 7.14. The third-order valence-electron chi connectivity index (χ3n) is 0. The van der Waals surface area contributed by atoms with Gasteiger partial charge in [-0.25, -0.2) is 0 Å². The van der Waals surface area contributed by atoms with E-state index < -0.39 is 0 Å². The van der Waals surface area contributed by atoms with E-state index in [1.54, 1.807) is 0 Å². The van der Waals surface area contributed by atoms with E-state index >= 15 is 0 Å². The zero-order valence-corrected chi connectivity index (χ0v) is 9.09. The van der Waals surface area contributed by atoms with E-state index in [9.17, 15) is 0 Å². The van der Waals surface area contributed by atoms with Crippen LogP contribution in [0.25, 0.3) is 0 Å². The second kappa shape index (κ2) is 17.7. The summed E-state index contributed by atoms with van der Waals surface area (Å²) < 4.78 is 4.64. The Morgan fingerprint density at radius 3 is 1.40 bits per heavy atom. The van der Waals surface area contributed by atoms with Gasteiger partial charge in [-0.3, -0.25) is 0 Å². The Labute approximate surface area is 56.9 Å². The van der Waals surface area contributed by atoms with Crippen molar-refractivity contribution >= 4 is 10.5 Å². The molecule has 0 heterocycles. The summed E-state index contributed by atoms with van der Waals surface area (Å²) in [6, 6.07) is 0. The van der Waals surface area contributed by atoms with Crippen LogP contribution in [0.1, 0.15) is 0 Å². The zero-order valence-electron chi connectivity index (χ0n) is 3.95. The summed E-state index contributed by atoms with van der Waals surface area (Å²) in [6.07, 6.45) is 0. The number of hydrogen-bond acceptors (Lipinski definition) is 1. The molecule has 0 aromatic heterocycles. The van der Waals surface area contributed by atoms with Gasteiger partial charge in [-0.1, -0.05) is 0 Å². The van der Waals surface area contributed by atoms with Crippen LogP contribution < -0.4 is 0 Å². The van der Waals surface area contributed by atoms with Crippen molar-refractivity contribution in [3.63, 3.8) is 0 Å². The Hall–Kier alpha value is 1.55. The van der Waals surface area contributed by atoms with E-state index in [-0.39, 0.29) is 37.6 Å². The standard InChI is InChI=1S/2CH3.Ce.H4OSi/c;;;1-2/h2*1H3;;1H,2H3. The van der Waals surface area contributed by atoms with Gasteiger partial charge in [0, 0.05) is 0 Å². The molecule has 0 aromatic carbocycles. The second-order valence-electron chi connectivity index (χ2n) is 0.500. The van der Waals surface area contributed by atoms with Crippen LogP contribution in [-0.4, -0.2) is 15.3 Å². The van der Waals surface area contributed by atoms with Gasteiger partial charge in [-0.15, -0.1) is 0 Å². The van der Waals surface area contributed by atoms with Gasteiger partial charge in [0.15, 0.2) is 0 Å². The van der Waals surface area contributed by atoms with Gasteiger partial charge in [0.25, 0.3) is 0 Å². The fraction of sp³-hybridized carbons (Fsp3) is 1.00. The van der Waals surface area contributed by atoms with Gasteiger partial charge in [0.1, 0.15) is 10.5 Å². The molecule has 0 aliphatic rings. The summed E-state index contributed by atoms with van der Waals surface area (Å²) in [6.45, 7) is 0. The van der Waals surface area contributed by atoms with Crippen LogP contribution in [0.15, 0.2) is 0 Å². The fourth-order valence-electron chi connectivity index (χ4n) is 0. The monoisotopic (exact) mass is 218 g/mol. The second-order valence-corrected chi connectivity index (χ2v) is 3.64. The molecule has 0 saturated heterocycles. The summed E-state index contributed by atoms with van der Waals surface area (Å²) in [7, 11) is 0.306. The van der Waals surface area contributed by atoms with E-state index in [0.717, 1.165) is 0 Å². The molecule has 3 heteroatoms. The predicted molar refractivity (Wildman–Crippen MR) is 23.9 cm³/mol. The molecule has 0 radical (unpaired) electrons. The van der Waals surface area contributed by atoms with E-state index in [2.05, 4.69) is 4.88 Å². The molecule has 0 saturated carbocycles. The van der Waals surface area contributed by atoms with Gasteiger partial charge in [0.05, 0.1) is 0 Å². The first kappa shape index (κ1) is 9.75. The van der Waals surface area contributed by atoms with Crippen LogP contribution in [0.5, 0.6) is 0 Å². The molecule has 0 amide bonds. The van der Waals surface area contributed by atoms with Crippen molar-refractivity contribution in [3.05, 3.63) is 0 Å². The molecule has 1 N–H and O–H groups in total. The molecule has 0 unspecified atom stereocenters. The van der Waals surface area contributed by atoms with Crippen LogP contribution in [-0.2, 0) is 0 Å². The summed E-state index contributed by atoms with van der Waals surface area (Å²) in [4.78, 5) is 7.14. The molecule has 0 aliphatic carbocycles. The molecule has 0 aliphatic heterocycles. The van der Waals surface area contributed by atoms with Crippen LogP contribution in [0.3, 0.4) is 0 Å². The molecule has 0 bridgehead atoms. The third-order valence-corrected chi connectivity index (χ3v) is 0. The Bertz CT molecular complexity index is 9.61. The maximum absolute atomic E-state index is 7.14. The molecule has 1 nitrogen and oxygen atoms in total. The van der Waals surface area contributed by atoms with Gasteiger partial charge >= 0.3 is 42.4 Å². The van der Waals surface area contributed by atoms with Crippen LogP contribution in [0.4, 0.5) is 0 Å². The molecule has 0 fully saturated rings. The first-order valence-electron chi connectivity index (χ1n) is 1.45. The third kappa shape index (κ3) is 29.1.